The number of nitrogens with zero attached hydrogens (tertiary/aromatic N) is 3. The van der Waals surface area contributed by atoms with Crippen molar-refractivity contribution in [2.75, 3.05) is 31.2 Å². The molecule has 37 heavy (non-hydrogen) atoms. The summed E-state index contributed by atoms with van der Waals surface area (Å²) < 4.78 is 57.7. The second-order valence-electron chi connectivity index (χ2n) is 8.77. The Bertz CT molecular complexity index is 1710. The molecule has 2 aromatic heterocycles. The Morgan fingerprint density at radius 1 is 1.03 bits per heavy atom. The van der Waals surface area contributed by atoms with Crippen molar-refractivity contribution in [2.45, 2.75) is 17.9 Å². The topological polar surface area (TPSA) is 123 Å². The highest BCUT2D eigenvalue weighted by atomic mass is 32.2. The van der Waals surface area contributed by atoms with Crippen molar-refractivity contribution in [2.24, 2.45) is 0 Å². The number of fused-ring (bicyclic) bond motifs is 2. The molecule has 4 heterocycles. The minimum Gasteiger partial charge on any atom is -0.450 e. The minimum atomic E-state index is -3.75. The maximum Gasteiger partial charge on any atom is 0.296 e. The van der Waals surface area contributed by atoms with E-state index in [1.165, 1.54) is 45.6 Å². The van der Waals surface area contributed by atoms with Crippen LogP contribution in [0.5, 0.6) is 0 Å². The van der Waals surface area contributed by atoms with Gasteiger partial charge in [0.1, 0.15) is 17.2 Å². The molecule has 4 aromatic rings. The van der Waals surface area contributed by atoms with Crippen LogP contribution < -0.4 is 10.3 Å². The lowest BCUT2D eigenvalue weighted by Crippen LogP contribution is -2.40. The van der Waals surface area contributed by atoms with Crippen LogP contribution in [-0.4, -0.2) is 50.1 Å². The first-order valence-electron chi connectivity index (χ1n) is 11.5. The van der Waals surface area contributed by atoms with Crippen LogP contribution in [0, 0.1) is 12.7 Å². The predicted octanol–water partition coefficient (Wildman–Crippen LogP) is 3.00. The number of anilines is 1. The lowest BCUT2D eigenvalue weighted by atomic mass is 9.98. The van der Waals surface area contributed by atoms with Gasteiger partial charge in [0, 0.05) is 19.2 Å². The number of carbonyl (C=O) groups is 1. The van der Waals surface area contributed by atoms with Crippen molar-refractivity contribution in [3.63, 3.8) is 0 Å². The maximum absolute atomic E-state index is 14.0. The molecular weight excluding hydrogens is 505 g/mol. The third-order valence-corrected chi connectivity index (χ3v) is 8.41. The number of benzene rings is 2. The molecule has 0 bridgehead atoms. The molecule has 0 spiro atoms. The van der Waals surface area contributed by atoms with E-state index >= 15 is 0 Å². The highest BCUT2D eigenvalue weighted by Gasteiger charge is 2.45. The number of rotatable bonds is 4. The molecule has 0 saturated carbocycles. The number of hydrogen-bond donors (Lipinski definition) is 0. The summed E-state index contributed by atoms with van der Waals surface area (Å²) in [6.45, 7) is 2.78. The van der Waals surface area contributed by atoms with Gasteiger partial charge in [-0.05, 0) is 42.8 Å². The van der Waals surface area contributed by atoms with Gasteiger partial charge in [-0.3, -0.25) is 14.5 Å². The van der Waals surface area contributed by atoms with E-state index in [0.29, 0.717) is 24.5 Å². The number of hydrogen-bond acceptors (Lipinski definition) is 8. The van der Waals surface area contributed by atoms with Crippen molar-refractivity contribution in [1.29, 1.82) is 0 Å². The van der Waals surface area contributed by atoms with Crippen LogP contribution in [0.2, 0.25) is 0 Å². The van der Waals surface area contributed by atoms with Gasteiger partial charge in [0.15, 0.2) is 11.2 Å². The largest absolute Gasteiger partial charge is 0.450 e. The van der Waals surface area contributed by atoms with Crippen molar-refractivity contribution in [3.8, 4) is 0 Å². The molecule has 10 nitrogen and oxygen atoms in total. The molecule has 0 aliphatic carbocycles. The van der Waals surface area contributed by atoms with E-state index in [2.05, 4.69) is 5.16 Å². The van der Waals surface area contributed by atoms with Crippen LogP contribution in [0.3, 0.4) is 0 Å². The van der Waals surface area contributed by atoms with Crippen LogP contribution in [0.15, 0.2) is 67.2 Å². The second-order valence-corrected chi connectivity index (χ2v) is 10.7. The number of morpholine rings is 1. The van der Waals surface area contributed by atoms with Crippen LogP contribution in [0.4, 0.5) is 10.2 Å². The second kappa shape index (κ2) is 8.61. The summed E-state index contributed by atoms with van der Waals surface area (Å²) in [5, 5.41) is 3.94. The Morgan fingerprint density at radius 2 is 1.76 bits per heavy atom. The van der Waals surface area contributed by atoms with Gasteiger partial charge in [0.25, 0.3) is 5.91 Å². The van der Waals surface area contributed by atoms with Gasteiger partial charge in [0.2, 0.25) is 15.8 Å². The molecule has 1 fully saturated rings. The molecule has 6 rings (SSSR count). The zero-order valence-electron chi connectivity index (χ0n) is 19.5. The molecule has 1 atom stereocenters. The van der Waals surface area contributed by atoms with Gasteiger partial charge in [-0.1, -0.05) is 17.3 Å². The predicted molar refractivity (Wildman–Crippen MR) is 128 cm³/mol. The fourth-order valence-electron chi connectivity index (χ4n) is 4.72. The fraction of sp³-hybridized carbons (Fsp3) is 0.240. The van der Waals surface area contributed by atoms with E-state index in [1.807, 2.05) is 0 Å². The molecule has 2 aliphatic heterocycles. The molecule has 0 N–H and O–H groups in total. The zero-order valence-corrected chi connectivity index (χ0v) is 20.3. The van der Waals surface area contributed by atoms with Gasteiger partial charge >= 0.3 is 0 Å². The molecule has 2 aliphatic rings. The molecule has 1 amide bonds. The molecule has 2 aromatic carbocycles. The molecule has 0 radical (unpaired) electrons. The number of sulfonamides is 1. The summed E-state index contributed by atoms with van der Waals surface area (Å²) in [5.41, 5.74) is -0.0477. The first-order chi connectivity index (χ1) is 17.8. The normalized spacial score (nSPS) is 18.5. The van der Waals surface area contributed by atoms with Crippen molar-refractivity contribution in [3.05, 3.63) is 87.2 Å². The number of carbonyl (C=O) groups excluding carboxylic acids is 1. The SMILES string of the molecule is Cc1cc(N2C(=O)c3oc4ccc(F)cc4c(=O)c3C2c2ccc(S(=O)(=O)N3CCOCC3)cc2)no1. The summed E-state index contributed by atoms with van der Waals surface area (Å²) in [6.07, 6.45) is 0. The van der Waals surface area contributed by atoms with Gasteiger partial charge in [-0.25, -0.2) is 12.8 Å². The van der Waals surface area contributed by atoms with Crippen molar-refractivity contribution >= 4 is 32.7 Å². The summed E-state index contributed by atoms with van der Waals surface area (Å²) in [5.74, 6) is -0.849. The maximum atomic E-state index is 14.0. The third kappa shape index (κ3) is 3.76. The standard InChI is InChI=1S/C25H20FN3O7S/c1-14-12-20(27-36-14)29-22(15-2-5-17(6-3-15)37(32,33)28-8-10-34-11-9-28)21-23(30)18-13-16(26)4-7-19(18)35-24(21)25(29)31/h2-7,12-13,22H,8-11H2,1H3. The fourth-order valence-corrected chi connectivity index (χ4v) is 6.13. The smallest absolute Gasteiger partial charge is 0.296 e. The third-order valence-electron chi connectivity index (χ3n) is 6.50. The quantitative estimate of drug-likeness (QED) is 0.399. The first kappa shape index (κ1) is 23.5. The number of ether oxygens (including phenoxy) is 1. The Hall–Kier alpha value is -3.87. The van der Waals surface area contributed by atoms with E-state index < -0.39 is 33.2 Å². The summed E-state index contributed by atoms with van der Waals surface area (Å²) >= 11 is 0. The summed E-state index contributed by atoms with van der Waals surface area (Å²) in [7, 11) is -3.75. The lowest BCUT2D eigenvalue weighted by Gasteiger charge is -2.26. The van der Waals surface area contributed by atoms with E-state index in [0.717, 1.165) is 12.1 Å². The average molecular weight is 526 g/mol. The number of halogens is 1. The van der Waals surface area contributed by atoms with Gasteiger partial charge in [-0.2, -0.15) is 4.31 Å². The molecule has 1 unspecified atom stereocenters. The number of aromatic nitrogens is 1. The lowest BCUT2D eigenvalue weighted by molar-refractivity contribution is 0.0730. The molecular formula is C25H20FN3O7S. The van der Waals surface area contributed by atoms with E-state index in [-0.39, 0.29) is 46.1 Å². The number of aryl methyl sites for hydroxylation is 1. The van der Waals surface area contributed by atoms with Crippen LogP contribution in [0.25, 0.3) is 11.0 Å². The van der Waals surface area contributed by atoms with Gasteiger partial charge in [0.05, 0.1) is 35.1 Å². The highest BCUT2D eigenvalue weighted by Crippen LogP contribution is 2.41. The Balaban J connectivity index is 1.50. The van der Waals surface area contributed by atoms with Crippen LogP contribution in [-0.2, 0) is 14.8 Å². The molecule has 1 saturated heterocycles. The van der Waals surface area contributed by atoms with E-state index in [1.54, 1.807) is 6.92 Å². The summed E-state index contributed by atoms with van der Waals surface area (Å²) in [6, 6.07) is 9.96. The highest BCUT2D eigenvalue weighted by molar-refractivity contribution is 7.89. The zero-order chi connectivity index (χ0) is 25.9. The average Bonchev–Trinajstić information content (AvgIpc) is 3.45. The Kier molecular flexibility index (Phi) is 5.48. The number of amides is 1. The minimum absolute atomic E-state index is 0.00698. The summed E-state index contributed by atoms with van der Waals surface area (Å²) in [4.78, 5) is 28.4. The van der Waals surface area contributed by atoms with Gasteiger partial charge < -0.3 is 13.7 Å². The van der Waals surface area contributed by atoms with E-state index in [9.17, 15) is 22.4 Å². The van der Waals surface area contributed by atoms with Crippen molar-refractivity contribution < 1.29 is 31.3 Å². The first-order valence-corrected chi connectivity index (χ1v) is 12.9. The molecule has 190 valence electrons. The van der Waals surface area contributed by atoms with E-state index in [4.69, 9.17) is 13.7 Å². The van der Waals surface area contributed by atoms with Crippen molar-refractivity contribution in [1.82, 2.24) is 9.46 Å². The molecule has 12 heteroatoms. The Labute approximate surface area is 209 Å². The van der Waals surface area contributed by atoms with Crippen LogP contribution >= 0.6 is 0 Å². The van der Waals surface area contributed by atoms with Crippen LogP contribution in [0.1, 0.15) is 33.5 Å². The monoisotopic (exact) mass is 525 g/mol. The van der Waals surface area contributed by atoms with Gasteiger partial charge in [-0.15, -0.1) is 0 Å². The Morgan fingerprint density at radius 3 is 2.43 bits per heavy atom.